The molecule has 0 spiro atoms. The largest absolute Gasteiger partial charge is 0.496 e. The Balaban J connectivity index is 1.96. The van der Waals surface area contributed by atoms with Crippen molar-refractivity contribution in [3.63, 3.8) is 0 Å². The summed E-state index contributed by atoms with van der Waals surface area (Å²) in [6.45, 7) is 1.94. The van der Waals surface area contributed by atoms with Gasteiger partial charge in [-0.25, -0.2) is 13.1 Å². The SMILES string of the molecule is COc1ccc(S(=O)(=O)NCCC2CCOC2)cc1Br. The maximum Gasteiger partial charge on any atom is 0.240 e. The van der Waals surface area contributed by atoms with Crippen LogP contribution in [0.15, 0.2) is 27.6 Å². The van der Waals surface area contributed by atoms with E-state index in [0.717, 1.165) is 26.1 Å². The zero-order chi connectivity index (χ0) is 14.6. The van der Waals surface area contributed by atoms with E-state index in [4.69, 9.17) is 9.47 Å². The van der Waals surface area contributed by atoms with E-state index in [1.807, 2.05) is 0 Å². The average molecular weight is 364 g/mol. The third kappa shape index (κ3) is 3.94. The molecule has 1 saturated heterocycles. The molecule has 5 nitrogen and oxygen atoms in total. The number of hydrogen-bond donors (Lipinski definition) is 1. The van der Waals surface area contributed by atoms with Crippen LogP contribution in [0.4, 0.5) is 0 Å². The molecule has 1 heterocycles. The first-order valence-corrected chi connectivity index (χ1v) is 8.71. The summed E-state index contributed by atoms with van der Waals surface area (Å²) in [6, 6.07) is 4.70. The summed E-state index contributed by atoms with van der Waals surface area (Å²) >= 11 is 3.29. The Hall–Kier alpha value is -0.630. The molecule has 20 heavy (non-hydrogen) atoms. The van der Waals surface area contributed by atoms with E-state index in [1.165, 1.54) is 13.2 Å². The second-order valence-corrected chi connectivity index (χ2v) is 7.33. The fraction of sp³-hybridized carbons (Fsp3) is 0.538. The van der Waals surface area contributed by atoms with E-state index in [9.17, 15) is 8.42 Å². The van der Waals surface area contributed by atoms with Gasteiger partial charge in [0.2, 0.25) is 10.0 Å². The minimum Gasteiger partial charge on any atom is -0.496 e. The molecule has 1 N–H and O–H groups in total. The third-order valence-electron chi connectivity index (χ3n) is 3.30. The average Bonchev–Trinajstić information content (AvgIpc) is 2.91. The van der Waals surface area contributed by atoms with Gasteiger partial charge in [0.15, 0.2) is 0 Å². The highest BCUT2D eigenvalue weighted by atomic mass is 79.9. The normalized spacial score (nSPS) is 19.2. The second kappa shape index (κ2) is 6.89. The first-order valence-electron chi connectivity index (χ1n) is 6.44. The van der Waals surface area contributed by atoms with Crippen molar-refractivity contribution in [3.8, 4) is 5.75 Å². The van der Waals surface area contributed by atoms with Gasteiger partial charge in [0.25, 0.3) is 0 Å². The van der Waals surface area contributed by atoms with Gasteiger partial charge in [-0.3, -0.25) is 0 Å². The Morgan fingerprint density at radius 1 is 1.50 bits per heavy atom. The molecule has 1 aromatic rings. The number of ether oxygens (including phenoxy) is 2. The van der Waals surface area contributed by atoms with Gasteiger partial charge in [-0.15, -0.1) is 0 Å². The lowest BCUT2D eigenvalue weighted by Crippen LogP contribution is -2.26. The van der Waals surface area contributed by atoms with E-state index < -0.39 is 10.0 Å². The molecular formula is C13H18BrNO4S. The van der Waals surface area contributed by atoms with Crippen LogP contribution in [0.1, 0.15) is 12.8 Å². The zero-order valence-corrected chi connectivity index (χ0v) is 13.7. The Bertz CT molecular complexity index is 555. The smallest absolute Gasteiger partial charge is 0.240 e. The summed E-state index contributed by atoms with van der Waals surface area (Å²) in [6.07, 6.45) is 1.81. The maximum absolute atomic E-state index is 12.2. The van der Waals surface area contributed by atoms with E-state index in [0.29, 0.717) is 22.7 Å². The van der Waals surface area contributed by atoms with Crippen LogP contribution in [0, 0.1) is 5.92 Å². The minimum absolute atomic E-state index is 0.229. The zero-order valence-electron chi connectivity index (χ0n) is 11.3. The first-order chi connectivity index (χ1) is 9.53. The van der Waals surface area contributed by atoms with Crippen LogP contribution in [-0.4, -0.2) is 35.3 Å². The van der Waals surface area contributed by atoms with Crippen LogP contribution in [0.25, 0.3) is 0 Å². The Kier molecular flexibility index (Phi) is 5.42. The maximum atomic E-state index is 12.2. The molecule has 1 aliphatic heterocycles. The molecule has 1 aromatic carbocycles. The number of nitrogens with one attached hydrogen (secondary N) is 1. The summed E-state index contributed by atoms with van der Waals surface area (Å²) in [4.78, 5) is 0.229. The van der Waals surface area contributed by atoms with Crippen LogP contribution in [-0.2, 0) is 14.8 Å². The van der Waals surface area contributed by atoms with Gasteiger partial charge in [-0.2, -0.15) is 0 Å². The van der Waals surface area contributed by atoms with Crippen molar-refractivity contribution in [1.82, 2.24) is 4.72 Å². The van der Waals surface area contributed by atoms with Crippen LogP contribution < -0.4 is 9.46 Å². The van der Waals surface area contributed by atoms with Crippen LogP contribution in [0.3, 0.4) is 0 Å². The summed E-state index contributed by atoms with van der Waals surface area (Å²) in [5.74, 6) is 1.06. The third-order valence-corrected chi connectivity index (χ3v) is 5.38. The number of halogens is 1. The van der Waals surface area contributed by atoms with Gasteiger partial charge in [0.05, 0.1) is 16.5 Å². The summed E-state index contributed by atoms with van der Waals surface area (Å²) < 4.78 is 37.9. The molecule has 7 heteroatoms. The van der Waals surface area contributed by atoms with Crippen LogP contribution in [0.2, 0.25) is 0 Å². The van der Waals surface area contributed by atoms with E-state index >= 15 is 0 Å². The van der Waals surface area contributed by atoms with Gasteiger partial charge in [-0.1, -0.05) is 0 Å². The molecule has 1 unspecified atom stereocenters. The highest BCUT2D eigenvalue weighted by Gasteiger charge is 2.18. The fourth-order valence-corrected chi connectivity index (χ4v) is 3.87. The summed E-state index contributed by atoms with van der Waals surface area (Å²) in [5.41, 5.74) is 0. The number of benzene rings is 1. The lowest BCUT2D eigenvalue weighted by Gasteiger charge is -2.11. The highest BCUT2D eigenvalue weighted by Crippen LogP contribution is 2.27. The molecule has 0 bridgehead atoms. The summed E-state index contributed by atoms with van der Waals surface area (Å²) in [7, 11) is -1.94. The molecule has 0 aromatic heterocycles. The Morgan fingerprint density at radius 2 is 2.30 bits per heavy atom. The lowest BCUT2D eigenvalue weighted by molar-refractivity contribution is 0.184. The molecule has 0 saturated carbocycles. The molecular weight excluding hydrogens is 346 g/mol. The lowest BCUT2D eigenvalue weighted by atomic mass is 10.1. The van der Waals surface area contributed by atoms with Gasteiger partial charge in [-0.05, 0) is 52.9 Å². The van der Waals surface area contributed by atoms with E-state index in [1.54, 1.807) is 12.1 Å². The predicted molar refractivity (Wildman–Crippen MR) is 79.4 cm³/mol. The molecule has 1 atom stereocenters. The van der Waals surface area contributed by atoms with Crippen LogP contribution in [0.5, 0.6) is 5.75 Å². The van der Waals surface area contributed by atoms with Crippen LogP contribution >= 0.6 is 15.9 Å². The van der Waals surface area contributed by atoms with Crippen molar-refractivity contribution < 1.29 is 17.9 Å². The Morgan fingerprint density at radius 3 is 2.90 bits per heavy atom. The van der Waals surface area contributed by atoms with Gasteiger partial charge >= 0.3 is 0 Å². The van der Waals surface area contributed by atoms with Crippen molar-refractivity contribution in [2.24, 2.45) is 5.92 Å². The molecule has 112 valence electrons. The Labute approximate surface area is 127 Å². The monoisotopic (exact) mass is 363 g/mol. The topological polar surface area (TPSA) is 64.6 Å². The van der Waals surface area contributed by atoms with Crippen molar-refractivity contribution in [2.75, 3.05) is 26.9 Å². The second-order valence-electron chi connectivity index (χ2n) is 4.71. The molecule has 1 fully saturated rings. The quantitative estimate of drug-likeness (QED) is 0.840. The molecule has 0 aliphatic carbocycles. The number of sulfonamides is 1. The number of methoxy groups -OCH3 is 1. The standard InChI is InChI=1S/C13H18BrNO4S/c1-18-13-3-2-11(8-12(13)14)20(16,17)15-6-4-10-5-7-19-9-10/h2-3,8,10,15H,4-7,9H2,1H3. The first kappa shape index (κ1) is 15.8. The van der Waals surface area contributed by atoms with Crippen molar-refractivity contribution >= 4 is 26.0 Å². The van der Waals surface area contributed by atoms with Gasteiger partial charge in [0.1, 0.15) is 5.75 Å². The van der Waals surface area contributed by atoms with E-state index in [2.05, 4.69) is 20.7 Å². The molecule has 0 amide bonds. The minimum atomic E-state index is -3.48. The van der Waals surface area contributed by atoms with E-state index in [-0.39, 0.29) is 4.90 Å². The summed E-state index contributed by atoms with van der Waals surface area (Å²) in [5, 5.41) is 0. The molecule has 2 rings (SSSR count). The van der Waals surface area contributed by atoms with Crippen molar-refractivity contribution in [2.45, 2.75) is 17.7 Å². The van der Waals surface area contributed by atoms with Gasteiger partial charge in [0, 0.05) is 19.8 Å². The molecule has 1 aliphatic rings. The number of hydrogen-bond acceptors (Lipinski definition) is 4. The van der Waals surface area contributed by atoms with Gasteiger partial charge < -0.3 is 9.47 Å². The van der Waals surface area contributed by atoms with Crippen molar-refractivity contribution in [3.05, 3.63) is 22.7 Å². The predicted octanol–water partition coefficient (Wildman–Crippen LogP) is 2.16. The molecule has 0 radical (unpaired) electrons. The fourth-order valence-electron chi connectivity index (χ4n) is 2.11. The highest BCUT2D eigenvalue weighted by molar-refractivity contribution is 9.10. The number of rotatable bonds is 6. The van der Waals surface area contributed by atoms with Crippen molar-refractivity contribution in [1.29, 1.82) is 0 Å².